The molecule has 3 rings (SSSR count). The van der Waals surface area contributed by atoms with Crippen molar-refractivity contribution in [3.8, 4) is 17.0 Å². The molecule has 0 saturated carbocycles. The van der Waals surface area contributed by atoms with Crippen molar-refractivity contribution in [3.05, 3.63) is 30.1 Å². The van der Waals surface area contributed by atoms with Crippen molar-refractivity contribution >= 4 is 5.82 Å². The fourth-order valence-corrected chi connectivity index (χ4v) is 2.00. The van der Waals surface area contributed by atoms with Gasteiger partial charge < -0.3 is 15.0 Å². The van der Waals surface area contributed by atoms with Crippen LogP contribution in [-0.4, -0.2) is 16.2 Å². The van der Waals surface area contributed by atoms with E-state index in [1.54, 1.807) is 6.33 Å². The van der Waals surface area contributed by atoms with Crippen LogP contribution in [0, 0.1) is 0 Å². The molecule has 0 bridgehead atoms. The summed E-state index contributed by atoms with van der Waals surface area (Å²) in [6, 6.07) is 6.11. The first-order valence-corrected chi connectivity index (χ1v) is 5.28. The molecule has 0 spiro atoms. The first-order chi connectivity index (χ1) is 7.75. The third kappa shape index (κ3) is 1.26. The summed E-state index contributed by atoms with van der Waals surface area (Å²) in [4.78, 5) is 4.31. The van der Waals surface area contributed by atoms with E-state index >= 15 is 0 Å². The average Bonchev–Trinajstić information content (AvgIpc) is 2.86. The molecule has 2 N–H and O–H groups in total. The molecule has 0 atom stereocenters. The Morgan fingerprint density at radius 3 is 3.06 bits per heavy atom. The highest BCUT2D eigenvalue weighted by atomic mass is 16.5. The van der Waals surface area contributed by atoms with E-state index in [0.717, 1.165) is 30.0 Å². The summed E-state index contributed by atoms with van der Waals surface area (Å²) in [7, 11) is 1.89. The molecule has 1 aliphatic rings. The van der Waals surface area contributed by atoms with Crippen LogP contribution >= 0.6 is 0 Å². The number of nitrogens with zero attached hydrogens (tertiary/aromatic N) is 2. The molecule has 1 aliphatic heterocycles. The van der Waals surface area contributed by atoms with Gasteiger partial charge in [-0.2, -0.15) is 0 Å². The zero-order valence-corrected chi connectivity index (χ0v) is 9.10. The SMILES string of the molecule is Cn1cnc(-c2ccc3c(c2)CCO3)c1N. The third-order valence-electron chi connectivity index (χ3n) is 2.95. The topological polar surface area (TPSA) is 53.1 Å². The lowest BCUT2D eigenvalue weighted by molar-refractivity contribution is 0.357. The Labute approximate surface area is 93.7 Å². The number of hydrogen-bond donors (Lipinski definition) is 1. The maximum atomic E-state index is 5.95. The number of ether oxygens (including phenoxy) is 1. The number of nitrogens with two attached hydrogens (primary N) is 1. The van der Waals surface area contributed by atoms with E-state index in [0.29, 0.717) is 5.82 Å². The molecule has 1 aromatic heterocycles. The molecule has 0 aliphatic carbocycles. The van der Waals surface area contributed by atoms with Gasteiger partial charge in [-0.25, -0.2) is 4.98 Å². The van der Waals surface area contributed by atoms with Gasteiger partial charge in [0.15, 0.2) is 0 Å². The summed E-state index contributed by atoms with van der Waals surface area (Å²) in [6.45, 7) is 0.774. The van der Waals surface area contributed by atoms with Gasteiger partial charge in [0.2, 0.25) is 0 Å². The van der Waals surface area contributed by atoms with Crippen LogP contribution in [0.3, 0.4) is 0 Å². The Morgan fingerprint density at radius 2 is 2.31 bits per heavy atom. The van der Waals surface area contributed by atoms with Gasteiger partial charge in [-0.05, 0) is 23.8 Å². The molecule has 1 aromatic carbocycles. The molecule has 0 unspecified atom stereocenters. The summed E-state index contributed by atoms with van der Waals surface area (Å²) >= 11 is 0. The fourth-order valence-electron chi connectivity index (χ4n) is 2.00. The number of nitrogen functional groups attached to an aromatic ring is 1. The molecule has 0 saturated heterocycles. The van der Waals surface area contributed by atoms with Crippen molar-refractivity contribution in [1.82, 2.24) is 9.55 Å². The second-order valence-corrected chi connectivity index (χ2v) is 4.01. The van der Waals surface area contributed by atoms with E-state index in [9.17, 15) is 0 Å². The van der Waals surface area contributed by atoms with Crippen LogP contribution in [0.1, 0.15) is 5.56 Å². The van der Waals surface area contributed by atoms with Crippen molar-refractivity contribution in [2.45, 2.75) is 6.42 Å². The molecule has 16 heavy (non-hydrogen) atoms. The smallest absolute Gasteiger partial charge is 0.131 e. The molecule has 4 nitrogen and oxygen atoms in total. The number of hydrogen-bond acceptors (Lipinski definition) is 3. The van der Waals surface area contributed by atoms with Crippen LogP contribution in [0.15, 0.2) is 24.5 Å². The number of benzene rings is 1. The van der Waals surface area contributed by atoms with Crippen molar-refractivity contribution in [1.29, 1.82) is 0 Å². The molecule has 0 fully saturated rings. The van der Waals surface area contributed by atoms with Crippen LogP contribution in [-0.2, 0) is 13.5 Å². The monoisotopic (exact) mass is 215 g/mol. The summed E-state index contributed by atoms with van der Waals surface area (Å²) in [5, 5.41) is 0. The van der Waals surface area contributed by atoms with E-state index in [4.69, 9.17) is 10.5 Å². The van der Waals surface area contributed by atoms with E-state index in [1.165, 1.54) is 5.56 Å². The van der Waals surface area contributed by atoms with Gasteiger partial charge in [-0.3, -0.25) is 0 Å². The van der Waals surface area contributed by atoms with Gasteiger partial charge in [0.05, 0.1) is 12.9 Å². The van der Waals surface area contributed by atoms with E-state index in [-0.39, 0.29) is 0 Å². The number of anilines is 1. The highest BCUT2D eigenvalue weighted by Gasteiger charge is 2.15. The lowest BCUT2D eigenvalue weighted by Gasteiger charge is -2.03. The lowest BCUT2D eigenvalue weighted by Crippen LogP contribution is -1.95. The Bertz CT molecular complexity index is 545. The number of aromatic nitrogens is 2. The Hall–Kier alpha value is -1.97. The second kappa shape index (κ2) is 3.27. The van der Waals surface area contributed by atoms with Gasteiger partial charge in [-0.1, -0.05) is 0 Å². The normalized spacial score (nSPS) is 13.6. The quantitative estimate of drug-likeness (QED) is 0.786. The van der Waals surface area contributed by atoms with Crippen molar-refractivity contribution in [2.24, 2.45) is 7.05 Å². The maximum absolute atomic E-state index is 5.95. The predicted octanol–water partition coefficient (Wildman–Crippen LogP) is 1.60. The van der Waals surface area contributed by atoms with Crippen LogP contribution < -0.4 is 10.5 Å². The van der Waals surface area contributed by atoms with Crippen molar-refractivity contribution < 1.29 is 4.74 Å². The van der Waals surface area contributed by atoms with Crippen molar-refractivity contribution in [2.75, 3.05) is 12.3 Å². The zero-order chi connectivity index (χ0) is 11.1. The standard InChI is InChI=1S/C12H13N3O/c1-15-7-14-11(12(15)13)9-2-3-10-8(6-9)4-5-16-10/h2-3,6-7H,4-5,13H2,1H3. The molecular formula is C12H13N3O. The van der Waals surface area contributed by atoms with E-state index < -0.39 is 0 Å². The van der Waals surface area contributed by atoms with E-state index in [2.05, 4.69) is 11.1 Å². The molecule has 0 radical (unpaired) electrons. The largest absolute Gasteiger partial charge is 0.493 e. The van der Waals surface area contributed by atoms with Crippen LogP contribution in [0.25, 0.3) is 11.3 Å². The Morgan fingerprint density at radius 1 is 1.44 bits per heavy atom. The van der Waals surface area contributed by atoms with Gasteiger partial charge in [-0.15, -0.1) is 0 Å². The molecule has 4 heteroatoms. The highest BCUT2D eigenvalue weighted by Crippen LogP contribution is 2.31. The van der Waals surface area contributed by atoms with Gasteiger partial charge in [0.25, 0.3) is 0 Å². The fraction of sp³-hybridized carbons (Fsp3) is 0.250. The van der Waals surface area contributed by atoms with Crippen LogP contribution in [0.4, 0.5) is 5.82 Å². The zero-order valence-electron chi connectivity index (χ0n) is 9.10. The predicted molar refractivity (Wildman–Crippen MR) is 62.3 cm³/mol. The number of fused-ring (bicyclic) bond motifs is 1. The van der Waals surface area contributed by atoms with E-state index in [1.807, 2.05) is 23.7 Å². The first kappa shape index (κ1) is 9.27. The lowest BCUT2D eigenvalue weighted by atomic mass is 10.1. The molecule has 0 amide bonds. The number of aryl methyl sites for hydroxylation is 1. The molecule has 82 valence electrons. The molecular weight excluding hydrogens is 202 g/mol. The van der Waals surface area contributed by atoms with Gasteiger partial charge in [0.1, 0.15) is 17.3 Å². The van der Waals surface area contributed by atoms with Gasteiger partial charge in [0, 0.05) is 19.0 Å². The average molecular weight is 215 g/mol. The highest BCUT2D eigenvalue weighted by molar-refractivity contribution is 5.71. The molecule has 2 aromatic rings. The Kier molecular flexibility index (Phi) is 1.89. The second-order valence-electron chi connectivity index (χ2n) is 4.01. The minimum atomic E-state index is 0.693. The summed E-state index contributed by atoms with van der Waals surface area (Å²) in [5.41, 5.74) is 9.09. The van der Waals surface area contributed by atoms with Gasteiger partial charge >= 0.3 is 0 Å². The molecule has 2 heterocycles. The van der Waals surface area contributed by atoms with Crippen molar-refractivity contribution in [3.63, 3.8) is 0 Å². The first-order valence-electron chi connectivity index (χ1n) is 5.28. The summed E-state index contributed by atoms with van der Waals surface area (Å²) in [5.74, 6) is 1.68. The number of imidazole rings is 1. The minimum absolute atomic E-state index is 0.693. The third-order valence-corrected chi connectivity index (χ3v) is 2.95. The van der Waals surface area contributed by atoms with Crippen LogP contribution in [0.5, 0.6) is 5.75 Å². The summed E-state index contributed by atoms with van der Waals surface area (Å²) in [6.07, 6.45) is 2.70. The number of rotatable bonds is 1. The van der Waals surface area contributed by atoms with Crippen LogP contribution in [0.2, 0.25) is 0 Å². The Balaban J connectivity index is 2.10. The minimum Gasteiger partial charge on any atom is -0.493 e. The maximum Gasteiger partial charge on any atom is 0.131 e. The summed E-state index contributed by atoms with van der Waals surface area (Å²) < 4.78 is 7.29.